The maximum Gasteiger partial charge on any atom is 0.412 e. The first kappa shape index (κ1) is 15.0. The van der Waals surface area contributed by atoms with Crippen LogP contribution in [0.3, 0.4) is 0 Å². The van der Waals surface area contributed by atoms with E-state index in [0.717, 1.165) is 0 Å². The van der Waals surface area contributed by atoms with Crippen molar-refractivity contribution in [3.05, 3.63) is 42.0 Å². The van der Waals surface area contributed by atoms with Gasteiger partial charge in [-0.25, -0.2) is 4.79 Å². The van der Waals surface area contributed by atoms with Crippen LogP contribution in [0, 0.1) is 0 Å². The van der Waals surface area contributed by atoms with Gasteiger partial charge in [0.05, 0.1) is 0 Å². The average molecular weight is 289 g/mol. The Bertz CT molecular complexity index is 588. The summed E-state index contributed by atoms with van der Waals surface area (Å²) in [5.74, 6) is 1.66. The molecule has 0 aliphatic heterocycles. The number of aromatic nitrogens is 2. The minimum Gasteiger partial charge on any atom is -0.410 e. The van der Waals surface area contributed by atoms with Crippen molar-refractivity contribution < 1.29 is 14.1 Å². The molecule has 0 aliphatic rings. The molecule has 1 heterocycles. The van der Waals surface area contributed by atoms with Crippen LogP contribution in [0.5, 0.6) is 5.75 Å². The highest BCUT2D eigenvalue weighted by atomic mass is 16.6. The molecule has 0 unspecified atom stereocenters. The van der Waals surface area contributed by atoms with E-state index in [1.54, 1.807) is 24.3 Å². The van der Waals surface area contributed by atoms with E-state index in [2.05, 4.69) is 15.5 Å². The van der Waals surface area contributed by atoms with E-state index in [-0.39, 0.29) is 5.41 Å². The van der Waals surface area contributed by atoms with Crippen LogP contribution in [0.2, 0.25) is 0 Å². The van der Waals surface area contributed by atoms with Crippen molar-refractivity contribution >= 4 is 6.09 Å². The molecule has 0 bridgehead atoms. The van der Waals surface area contributed by atoms with Gasteiger partial charge in [-0.15, -0.1) is 0 Å². The SMILES string of the molecule is CC(C)(C)c1nc(CCNC(=O)Oc2ccccc2)no1. The zero-order chi connectivity index (χ0) is 15.3. The maximum atomic E-state index is 11.6. The van der Waals surface area contributed by atoms with Crippen molar-refractivity contribution in [2.75, 3.05) is 6.54 Å². The lowest BCUT2D eigenvalue weighted by Crippen LogP contribution is -2.29. The van der Waals surface area contributed by atoms with Crippen LogP contribution < -0.4 is 10.1 Å². The molecule has 6 heteroatoms. The van der Waals surface area contributed by atoms with Crippen molar-refractivity contribution in [3.8, 4) is 5.75 Å². The van der Waals surface area contributed by atoms with Gasteiger partial charge < -0.3 is 14.6 Å². The lowest BCUT2D eigenvalue weighted by Gasteiger charge is -2.10. The van der Waals surface area contributed by atoms with Gasteiger partial charge in [0.15, 0.2) is 5.82 Å². The summed E-state index contributed by atoms with van der Waals surface area (Å²) in [4.78, 5) is 15.9. The molecule has 0 aliphatic carbocycles. The Labute approximate surface area is 123 Å². The molecule has 1 N–H and O–H groups in total. The van der Waals surface area contributed by atoms with E-state index in [4.69, 9.17) is 9.26 Å². The van der Waals surface area contributed by atoms with Crippen molar-refractivity contribution in [2.24, 2.45) is 0 Å². The number of hydrogen-bond acceptors (Lipinski definition) is 5. The number of rotatable bonds is 4. The van der Waals surface area contributed by atoms with E-state index in [1.807, 2.05) is 26.8 Å². The van der Waals surface area contributed by atoms with E-state index in [1.165, 1.54) is 0 Å². The lowest BCUT2D eigenvalue weighted by atomic mass is 9.97. The van der Waals surface area contributed by atoms with Gasteiger partial charge in [0.2, 0.25) is 5.89 Å². The van der Waals surface area contributed by atoms with Crippen molar-refractivity contribution in [1.82, 2.24) is 15.5 Å². The van der Waals surface area contributed by atoms with E-state index < -0.39 is 6.09 Å². The van der Waals surface area contributed by atoms with Gasteiger partial charge in [-0.3, -0.25) is 0 Å². The lowest BCUT2D eigenvalue weighted by molar-refractivity contribution is 0.200. The first-order valence-corrected chi connectivity index (χ1v) is 6.79. The summed E-state index contributed by atoms with van der Waals surface area (Å²) in [5.41, 5.74) is -0.176. The molecule has 0 saturated heterocycles. The molecular weight excluding hydrogens is 270 g/mol. The van der Waals surface area contributed by atoms with Crippen molar-refractivity contribution in [3.63, 3.8) is 0 Å². The van der Waals surface area contributed by atoms with E-state index in [9.17, 15) is 4.79 Å². The van der Waals surface area contributed by atoms with Crippen LogP contribution in [0.4, 0.5) is 4.79 Å². The summed E-state index contributed by atoms with van der Waals surface area (Å²) in [6.45, 7) is 6.38. The summed E-state index contributed by atoms with van der Waals surface area (Å²) in [7, 11) is 0. The molecule has 1 aromatic carbocycles. The van der Waals surface area contributed by atoms with Gasteiger partial charge in [-0.05, 0) is 12.1 Å². The summed E-state index contributed by atoms with van der Waals surface area (Å²) in [5, 5.41) is 6.53. The Kier molecular flexibility index (Phi) is 4.57. The number of para-hydroxylation sites is 1. The quantitative estimate of drug-likeness (QED) is 0.936. The molecule has 1 aromatic heterocycles. The average Bonchev–Trinajstić information content (AvgIpc) is 2.88. The molecule has 2 aromatic rings. The minimum atomic E-state index is -0.499. The smallest absolute Gasteiger partial charge is 0.410 e. The Morgan fingerprint density at radius 3 is 2.62 bits per heavy atom. The van der Waals surface area contributed by atoms with Crippen LogP contribution in [-0.4, -0.2) is 22.8 Å². The second kappa shape index (κ2) is 6.39. The summed E-state index contributed by atoms with van der Waals surface area (Å²) in [6, 6.07) is 8.89. The Balaban J connectivity index is 1.77. The number of benzene rings is 1. The Hall–Kier alpha value is -2.37. The third-order valence-electron chi connectivity index (χ3n) is 2.68. The van der Waals surface area contributed by atoms with Crippen LogP contribution in [0.1, 0.15) is 32.5 Å². The number of ether oxygens (including phenoxy) is 1. The normalized spacial score (nSPS) is 11.2. The zero-order valence-electron chi connectivity index (χ0n) is 12.4. The molecule has 0 saturated carbocycles. The number of nitrogens with zero attached hydrogens (tertiary/aromatic N) is 2. The van der Waals surface area contributed by atoms with Crippen molar-refractivity contribution in [2.45, 2.75) is 32.6 Å². The molecule has 21 heavy (non-hydrogen) atoms. The Morgan fingerprint density at radius 1 is 1.29 bits per heavy atom. The fraction of sp³-hybridized carbons (Fsp3) is 0.400. The third-order valence-corrected chi connectivity index (χ3v) is 2.68. The molecule has 0 fully saturated rings. The van der Waals surface area contributed by atoms with Gasteiger partial charge in [0.1, 0.15) is 5.75 Å². The summed E-state index contributed by atoms with van der Waals surface area (Å²) in [6.07, 6.45) is -0.00976. The van der Waals surface area contributed by atoms with Gasteiger partial charge in [-0.2, -0.15) is 4.98 Å². The summed E-state index contributed by atoms with van der Waals surface area (Å²) >= 11 is 0. The molecule has 2 rings (SSSR count). The van der Waals surface area contributed by atoms with Gasteiger partial charge in [0.25, 0.3) is 0 Å². The van der Waals surface area contributed by atoms with E-state index >= 15 is 0 Å². The third kappa shape index (κ3) is 4.59. The maximum absolute atomic E-state index is 11.6. The van der Waals surface area contributed by atoms with Crippen LogP contribution >= 0.6 is 0 Å². The standard InChI is InChI=1S/C15H19N3O3/c1-15(2,3)13-17-12(18-21-13)9-10-16-14(19)20-11-7-5-4-6-8-11/h4-8H,9-10H2,1-3H3,(H,16,19). The number of nitrogens with one attached hydrogen (secondary N) is 1. The van der Waals surface area contributed by atoms with Gasteiger partial charge >= 0.3 is 6.09 Å². The predicted molar refractivity (Wildman–Crippen MR) is 77.2 cm³/mol. The second-order valence-corrected chi connectivity index (χ2v) is 5.65. The second-order valence-electron chi connectivity index (χ2n) is 5.65. The zero-order valence-corrected chi connectivity index (χ0v) is 12.4. The highest BCUT2D eigenvalue weighted by molar-refractivity contribution is 5.70. The first-order valence-electron chi connectivity index (χ1n) is 6.79. The molecule has 0 atom stereocenters. The molecule has 0 spiro atoms. The van der Waals surface area contributed by atoms with Crippen LogP contribution in [0.25, 0.3) is 0 Å². The predicted octanol–water partition coefficient (Wildman–Crippen LogP) is 2.70. The first-order chi connectivity index (χ1) is 9.95. The Morgan fingerprint density at radius 2 is 2.00 bits per heavy atom. The number of hydrogen-bond donors (Lipinski definition) is 1. The molecule has 6 nitrogen and oxygen atoms in total. The fourth-order valence-corrected chi connectivity index (χ4v) is 1.57. The van der Waals surface area contributed by atoms with Crippen LogP contribution in [-0.2, 0) is 11.8 Å². The van der Waals surface area contributed by atoms with Crippen molar-refractivity contribution in [1.29, 1.82) is 0 Å². The number of carbonyl (C=O) groups excluding carboxylic acids is 1. The highest BCUT2D eigenvalue weighted by Gasteiger charge is 2.21. The molecular formula is C15H19N3O3. The molecule has 0 radical (unpaired) electrons. The van der Waals surface area contributed by atoms with Gasteiger partial charge in [-0.1, -0.05) is 44.1 Å². The fourth-order valence-electron chi connectivity index (χ4n) is 1.57. The van der Waals surface area contributed by atoms with E-state index in [0.29, 0.717) is 30.4 Å². The minimum absolute atomic E-state index is 0.176. The largest absolute Gasteiger partial charge is 0.412 e. The van der Waals surface area contributed by atoms with Gasteiger partial charge in [0, 0.05) is 18.4 Å². The number of carbonyl (C=O) groups is 1. The number of amides is 1. The van der Waals surface area contributed by atoms with Crippen LogP contribution in [0.15, 0.2) is 34.9 Å². The summed E-state index contributed by atoms with van der Waals surface area (Å²) < 4.78 is 10.3. The topological polar surface area (TPSA) is 77.2 Å². The monoisotopic (exact) mass is 289 g/mol. The highest BCUT2D eigenvalue weighted by Crippen LogP contribution is 2.19. The molecule has 112 valence electrons. The molecule has 1 amide bonds.